The molecule has 3 N–H and O–H groups in total. The summed E-state index contributed by atoms with van der Waals surface area (Å²) in [5.74, 6) is -0.251. The van der Waals surface area contributed by atoms with Gasteiger partial charge < -0.3 is 11.1 Å². The third-order valence-electron chi connectivity index (χ3n) is 2.51. The first-order valence-electron chi connectivity index (χ1n) is 5.37. The summed E-state index contributed by atoms with van der Waals surface area (Å²) in [6, 6.07) is 4.98. The molecule has 1 heterocycles. The Bertz CT molecular complexity index is 579. The first-order chi connectivity index (χ1) is 8.58. The van der Waals surface area contributed by atoms with E-state index in [1.54, 1.807) is 29.1 Å². The van der Waals surface area contributed by atoms with E-state index in [4.69, 9.17) is 17.3 Å². The van der Waals surface area contributed by atoms with E-state index < -0.39 is 0 Å². The number of carbonyl (C=O) groups excluding carboxylic acids is 1. The van der Waals surface area contributed by atoms with Crippen LogP contribution in [0.1, 0.15) is 15.9 Å². The van der Waals surface area contributed by atoms with E-state index in [1.807, 2.05) is 13.2 Å². The maximum Gasteiger partial charge on any atom is 0.253 e. The van der Waals surface area contributed by atoms with Gasteiger partial charge in [-0.3, -0.25) is 9.48 Å². The summed E-state index contributed by atoms with van der Waals surface area (Å²) in [6.07, 6.45) is 3.53. The number of hydrogen-bond acceptors (Lipinski definition) is 3. The minimum absolute atomic E-state index is 0.251. The third kappa shape index (κ3) is 2.62. The number of aromatic nitrogens is 2. The highest BCUT2D eigenvalue weighted by molar-refractivity contribution is 6.33. The van der Waals surface area contributed by atoms with Gasteiger partial charge in [0.05, 0.1) is 22.5 Å². The molecule has 0 saturated heterocycles. The molecule has 0 unspecified atom stereocenters. The summed E-state index contributed by atoms with van der Waals surface area (Å²) in [4.78, 5) is 11.9. The van der Waals surface area contributed by atoms with Gasteiger partial charge in [0.15, 0.2) is 0 Å². The van der Waals surface area contributed by atoms with Crippen LogP contribution in [0, 0.1) is 0 Å². The highest BCUT2D eigenvalue weighted by Crippen LogP contribution is 2.22. The lowest BCUT2D eigenvalue weighted by Crippen LogP contribution is -2.23. The lowest BCUT2D eigenvalue weighted by Gasteiger charge is -2.07. The number of nitrogens with one attached hydrogen (secondary N) is 1. The van der Waals surface area contributed by atoms with Crippen LogP contribution in [0.5, 0.6) is 0 Å². The maximum absolute atomic E-state index is 11.9. The molecule has 0 spiro atoms. The van der Waals surface area contributed by atoms with E-state index in [2.05, 4.69) is 10.4 Å². The molecule has 0 bridgehead atoms. The number of nitrogens with zero attached hydrogens (tertiary/aromatic N) is 2. The van der Waals surface area contributed by atoms with Gasteiger partial charge in [0.25, 0.3) is 5.91 Å². The summed E-state index contributed by atoms with van der Waals surface area (Å²) in [7, 11) is 1.82. The quantitative estimate of drug-likeness (QED) is 0.827. The summed E-state index contributed by atoms with van der Waals surface area (Å²) >= 11 is 5.86. The third-order valence-corrected chi connectivity index (χ3v) is 2.84. The Kier molecular flexibility index (Phi) is 3.53. The van der Waals surface area contributed by atoms with Crippen LogP contribution in [0.25, 0.3) is 0 Å². The van der Waals surface area contributed by atoms with Crippen LogP contribution in [0.3, 0.4) is 0 Å². The molecule has 1 aromatic carbocycles. The van der Waals surface area contributed by atoms with Crippen molar-refractivity contribution in [2.24, 2.45) is 7.05 Å². The second kappa shape index (κ2) is 5.10. The second-order valence-corrected chi connectivity index (χ2v) is 4.31. The lowest BCUT2D eigenvalue weighted by molar-refractivity contribution is 0.0952. The Morgan fingerprint density at radius 1 is 1.56 bits per heavy atom. The number of para-hydroxylation sites is 1. The van der Waals surface area contributed by atoms with Crippen LogP contribution in [-0.2, 0) is 13.6 Å². The van der Waals surface area contributed by atoms with Gasteiger partial charge in [-0.15, -0.1) is 0 Å². The van der Waals surface area contributed by atoms with Gasteiger partial charge >= 0.3 is 0 Å². The van der Waals surface area contributed by atoms with Crippen molar-refractivity contribution in [1.82, 2.24) is 15.1 Å². The van der Waals surface area contributed by atoms with E-state index in [9.17, 15) is 4.79 Å². The molecule has 2 rings (SSSR count). The number of amides is 1. The van der Waals surface area contributed by atoms with Crippen LogP contribution in [0.15, 0.2) is 30.6 Å². The summed E-state index contributed by atoms with van der Waals surface area (Å²) in [5, 5.41) is 7.16. The lowest BCUT2D eigenvalue weighted by atomic mass is 10.1. The standard InChI is InChI=1S/C12H13ClN4O/c1-17-7-8(6-16-17)5-15-12(18)9-3-2-4-10(13)11(9)14/h2-4,6-7H,5,14H2,1H3,(H,15,18). The first kappa shape index (κ1) is 12.4. The number of halogens is 1. The van der Waals surface area contributed by atoms with Crippen LogP contribution in [0.4, 0.5) is 5.69 Å². The average Bonchev–Trinajstić information content (AvgIpc) is 2.76. The molecule has 1 amide bonds. The SMILES string of the molecule is Cn1cc(CNC(=O)c2cccc(Cl)c2N)cn1. The summed E-state index contributed by atoms with van der Waals surface area (Å²) in [6.45, 7) is 0.401. The van der Waals surface area contributed by atoms with Crippen molar-refractivity contribution >= 4 is 23.2 Å². The predicted molar refractivity (Wildman–Crippen MR) is 70.2 cm³/mol. The number of rotatable bonds is 3. The molecule has 0 saturated carbocycles. The monoisotopic (exact) mass is 264 g/mol. The average molecular weight is 265 g/mol. The van der Waals surface area contributed by atoms with Crippen molar-refractivity contribution in [3.05, 3.63) is 46.7 Å². The molecule has 5 nitrogen and oxygen atoms in total. The first-order valence-corrected chi connectivity index (χ1v) is 5.75. The fourth-order valence-corrected chi connectivity index (χ4v) is 1.75. The number of benzene rings is 1. The minimum Gasteiger partial charge on any atom is -0.397 e. The molecule has 6 heteroatoms. The van der Waals surface area contributed by atoms with Crippen LogP contribution >= 0.6 is 11.6 Å². The highest BCUT2D eigenvalue weighted by atomic mass is 35.5. The zero-order valence-electron chi connectivity index (χ0n) is 9.85. The largest absolute Gasteiger partial charge is 0.397 e. The molecule has 0 aliphatic heterocycles. The zero-order chi connectivity index (χ0) is 13.1. The van der Waals surface area contributed by atoms with Crippen molar-refractivity contribution < 1.29 is 4.79 Å². The normalized spacial score (nSPS) is 10.3. The Labute approximate surface area is 110 Å². The van der Waals surface area contributed by atoms with Gasteiger partial charge in [0, 0.05) is 25.4 Å². The van der Waals surface area contributed by atoms with Gasteiger partial charge in [-0.2, -0.15) is 5.10 Å². The predicted octanol–water partition coefficient (Wildman–Crippen LogP) is 1.59. The summed E-state index contributed by atoms with van der Waals surface area (Å²) < 4.78 is 1.68. The Balaban J connectivity index is 2.06. The number of hydrogen-bond donors (Lipinski definition) is 2. The highest BCUT2D eigenvalue weighted by Gasteiger charge is 2.11. The van der Waals surface area contributed by atoms with E-state index >= 15 is 0 Å². The van der Waals surface area contributed by atoms with Gasteiger partial charge in [0.1, 0.15) is 0 Å². The Morgan fingerprint density at radius 3 is 3.00 bits per heavy atom. The number of aryl methyl sites for hydroxylation is 1. The number of nitrogens with two attached hydrogens (primary N) is 1. The second-order valence-electron chi connectivity index (χ2n) is 3.91. The topological polar surface area (TPSA) is 72.9 Å². The van der Waals surface area contributed by atoms with Crippen molar-refractivity contribution in [2.45, 2.75) is 6.54 Å². The molecule has 0 atom stereocenters. The smallest absolute Gasteiger partial charge is 0.253 e. The van der Waals surface area contributed by atoms with Crippen molar-refractivity contribution in [3.8, 4) is 0 Å². The number of nitrogen functional groups attached to an aromatic ring is 1. The van der Waals surface area contributed by atoms with Crippen LogP contribution in [-0.4, -0.2) is 15.7 Å². The van der Waals surface area contributed by atoms with Crippen molar-refractivity contribution in [3.63, 3.8) is 0 Å². The van der Waals surface area contributed by atoms with Crippen LogP contribution in [0.2, 0.25) is 5.02 Å². The van der Waals surface area contributed by atoms with E-state index in [0.29, 0.717) is 22.8 Å². The Hall–Kier alpha value is -2.01. The van der Waals surface area contributed by atoms with Gasteiger partial charge in [-0.05, 0) is 12.1 Å². The van der Waals surface area contributed by atoms with Crippen molar-refractivity contribution in [1.29, 1.82) is 0 Å². The van der Waals surface area contributed by atoms with E-state index in [0.717, 1.165) is 5.56 Å². The number of anilines is 1. The molecule has 0 aliphatic carbocycles. The van der Waals surface area contributed by atoms with Gasteiger partial charge in [-0.25, -0.2) is 0 Å². The molecular formula is C12H13ClN4O. The molecule has 94 valence electrons. The van der Waals surface area contributed by atoms with E-state index in [-0.39, 0.29) is 5.91 Å². The zero-order valence-corrected chi connectivity index (χ0v) is 10.6. The Morgan fingerprint density at radius 2 is 2.33 bits per heavy atom. The molecule has 2 aromatic rings. The molecule has 1 aromatic heterocycles. The summed E-state index contributed by atoms with van der Waals surface area (Å²) in [5.41, 5.74) is 7.35. The molecule has 0 aliphatic rings. The van der Waals surface area contributed by atoms with Gasteiger partial charge in [0.2, 0.25) is 0 Å². The molecule has 0 radical (unpaired) electrons. The number of carbonyl (C=O) groups is 1. The van der Waals surface area contributed by atoms with E-state index in [1.165, 1.54) is 0 Å². The molecule has 18 heavy (non-hydrogen) atoms. The fraction of sp³-hybridized carbons (Fsp3) is 0.167. The van der Waals surface area contributed by atoms with Gasteiger partial charge in [-0.1, -0.05) is 17.7 Å². The fourth-order valence-electron chi connectivity index (χ4n) is 1.58. The minimum atomic E-state index is -0.251. The molecule has 0 fully saturated rings. The molecular weight excluding hydrogens is 252 g/mol. The maximum atomic E-state index is 11.9. The van der Waals surface area contributed by atoms with Crippen LogP contribution < -0.4 is 11.1 Å². The van der Waals surface area contributed by atoms with Crippen molar-refractivity contribution in [2.75, 3.05) is 5.73 Å².